The van der Waals surface area contributed by atoms with Gasteiger partial charge in [-0.05, 0) is 42.5 Å². The van der Waals surface area contributed by atoms with Crippen LogP contribution in [0.5, 0.6) is 0 Å². The van der Waals surface area contributed by atoms with Gasteiger partial charge in [-0.1, -0.05) is 58.2 Å². The summed E-state index contributed by atoms with van der Waals surface area (Å²) < 4.78 is 0.874. The minimum absolute atomic E-state index is 0.0253. The quantitative estimate of drug-likeness (QED) is 0.659. The van der Waals surface area contributed by atoms with Gasteiger partial charge < -0.3 is 0 Å². The third-order valence-corrected chi connectivity index (χ3v) is 4.73. The van der Waals surface area contributed by atoms with Crippen LogP contribution in [-0.4, -0.2) is 5.78 Å². The smallest absolute Gasteiger partial charge is 0.194 e. The third kappa shape index (κ3) is 2.68. The third-order valence-electron chi connectivity index (χ3n) is 3.93. The number of ketones is 1. The van der Waals surface area contributed by atoms with E-state index in [0.717, 1.165) is 4.47 Å². The van der Waals surface area contributed by atoms with Crippen molar-refractivity contribution in [3.63, 3.8) is 0 Å². The van der Waals surface area contributed by atoms with Gasteiger partial charge in [0.15, 0.2) is 5.78 Å². The molecule has 1 fully saturated rings. The zero-order valence-electron chi connectivity index (χ0n) is 10.9. The maximum atomic E-state index is 12.4. The Labute approximate surface area is 132 Å². The molecule has 0 amide bonds. The molecule has 0 atom stereocenters. The molecule has 102 valence electrons. The van der Waals surface area contributed by atoms with Crippen LogP contribution < -0.4 is 0 Å². The predicted octanol–water partition coefficient (Wildman–Crippen LogP) is 5.60. The Balaban J connectivity index is 1.86. The second kappa shape index (κ2) is 5.71. The molecule has 2 aromatic carbocycles. The normalized spacial score (nSPS) is 14.9. The zero-order chi connectivity index (χ0) is 14.1. The lowest BCUT2D eigenvalue weighted by atomic mass is 9.80. The summed E-state index contributed by atoms with van der Waals surface area (Å²) in [7, 11) is 0. The van der Waals surface area contributed by atoms with E-state index in [-0.39, 0.29) is 5.78 Å². The summed E-state index contributed by atoms with van der Waals surface area (Å²) in [6.45, 7) is 0. The molecule has 0 unspecified atom stereocenters. The van der Waals surface area contributed by atoms with Crippen LogP contribution in [0.2, 0.25) is 5.02 Å². The van der Waals surface area contributed by atoms with E-state index in [9.17, 15) is 4.79 Å². The molecule has 1 nitrogen and oxygen atoms in total. The topological polar surface area (TPSA) is 17.1 Å². The molecule has 0 spiro atoms. The summed E-state index contributed by atoms with van der Waals surface area (Å²) in [4.78, 5) is 12.4. The Morgan fingerprint density at radius 2 is 1.80 bits per heavy atom. The first-order chi connectivity index (χ1) is 9.65. The Kier molecular flexibility index (Phi) is 3.95. The molecule has 0 radical (unpaired) electrons. The molecule has 1 aliphatic rings. The molecule has 20 heavy (non-hydrogen) atoms. The molecule has 0 aliphatic heterocycles. The number of carbonyl (C=O) groups excluding carboxylic acids is 1. The lowest BCUT2D eigenvalue weighted by Gasteiger charge is -2.25. The van der Waals surface area contributed by atoms with Crippen molar-refractivity contribution in [1.82, 2.24) is 0 Å². The number of hydrogen-bond acceptors (Lipinski definition) is 1. The first-order valence-electron chi connectivity index (χ1n) is 6.75. The summed E-state index contributed by atoms with van der Waals surface area (Å²) in [5, 5.41) is 0.479. The Bertz CT molecular complexity index is 645. The standard InChI is InChI=1S/C17H14BrClO/c18-14-8-9-15(16(19)10-14)17(20)13-6-4-12(5-7-13)11-2-1-3-11/h4-11H,1-3H2. The molecule has 0 bridgehead atoms. The highest BCUT2D eigenvalue weighted by atomic mass is 79.9. The van der Waals surface area contributed by atoms with Gasteiger partial charge in [0.2, 0.25) is 0 Å². The zero-order valence-corrected chi connectivity index (χ0v) is 13.2. The molecular formula is C17H14BrClO. The molecule has 0 heterocycles. The van der Waals surface area contributed by atoms with E-state index in [1.54, 1.807) is 12.1 Å². The first kappa shape index (κ1) is 13.8. The molecule has 1 saturated carbocycles. The van der Waals surface area contributed by atoms with Gasteiger partial charge in [0.05, 0.1) is 5.02 Å². The number of rotatable bonds is 3. The lowest BCUT2D eigenvalue weighted by Crippen LogP contribution is -2.09. The van der Waals surface area contributed by atoms with Crippen molar-refractivity contribution in [2.45, 2.75) is 25.2 Å². The van der Waals surface area contributed by atoms with Gasteiger partial charge in [-0.25, -0.2) is 0 Å². The fourth-order valence-electron chi connectivity index (χ4n) is 2.48. The number of benzene rings is 2. The minimum Gasteiger partial charge on any atom is -0.289 e. The van der Waals surface area contributed by atoms with Crippen LogP contribution in [-0.2, 0) is 0 Å². The fourth-order valence-corrected chi connectivity index (χ4v) is 3.24. The Hall–Kier alpha value is -1.12. The van der Waals surface area contributed by atoms with Crippen LogP contribution in [0.3, 0.4) is 0 Å². The van der Waals surface area contributed by atoms with E-state index < -0.39 is 0 Å². The molecular weight excluding hydrogens is 336 g/mol. The van der Waals surface area contributed by atoms with Crippen molar-refractivity contribution in [2.24, 2.45) is 0 Å². The highest BCUT2D eigenvalue weighted by Gasteiger charge is 2.20. The van der Waals surface area contributed by atoms with Crippen molar-refractivity contribution in [3.8, 4) is 0 Å². The van der Waals surface area contributed by atoms with Crippen LogP contribution in [0.15, 0.2) is 46.9 Å². The largest absolute Gasteiger partial charge is 0.289 e. The SMILES string of the molecule is O=C(c1ccc(C2CCC2)cc1)c1ccc(Br)cc1Cl. The lowest BCUT2D eigenvalue weighted by molar-refractivity contribution is 0.103. The van der Waals surface area contributed by atoms with Gasteiger partial charge >= 0.3 is 0 Å². The summed E-state index contributed by atoms with van der Waals surface area (Å²) in [6.07, 6.45) is 3.86. The van der Waals surface area contributed by atoms with Gasteiger partial charge in [-0.15, -0.1) is 0 Å². The van der Waals surface area contributed by atoms with E-state index in [0.29, 0.717) is 22.1 Å². The minimum atomic E-state index is -0.0253. The average molecular weight is 350 g/mol. The van der Waals surface area contributed by atoms with E-state index in [4.69, 9.17) is 11.6 Å². The van der Waals surface area contributed by atoms with E-state index >= 15 is 0 Å². The summed E-state index contributed by atoms with van der Waals surface area (Å²) >= 11 is 9.48. The average Bonchev–Trinajstić information content (AvgIpc) is 2.37. The maximum absolute atomic E-state index is 12.4. The van der Waals surface area contributed by atoms with Crippen molar-refractivity contribution < 1.29 is 4.79 Å². The monoisotopic (exact) mass is 348 g/mol. The van der Waals surface area contributed by atoms with Gasteiger partial charge in [-0.3, -0.25) is 4.79 Å². The number of halogens is 2. The van der Waals surface area contributed by atoms with Gasteiger partial charge in [0, 0.05) is 15.6 Å². The van der Waals surface area contributed by atoms with Crippen molar-refractivity contribution in [2.75, 3.05) is 0 Å². The Morgan fingerprint density at radius 3 is 2.35 bits per heavy atom. The highest BCUT2D eigenvalue weighted by Crippen LogP contribution is 2.36. The molecule has 3 rings (SSSR count). The molecule has 0 aromatic heterocycles. The Morgan fingerprint density at radius 1 is 1.10 bits per heavy atom. The highest BCUT2D eigenvalue weighted by molar-refractivity contribution is 9.10. The van der Waals surface area contributed by atoms with E-state index in [1.807, 2.05) is 18.2 Å². The van der Waals surface area contributed by atoms with E-state index in [1.165, 1.54) is 24.8 Å². The van der Waals surface area contributed by atoms with Crippen LogP contribution in [0.1, 0.15) is 46.7 Å². The van der Waals surface area contributed by atoms with Crippen LogP contribution in [0.4, 0.5) is 0 Å². The summed E-state index contributed by atoms with van der Waals surface area (Å²) in [6, 6.07) is 13.3. The van der Waals surface area contributed by atoms with Crippen LogP contribution in [0, 0.1) is 0 Å². The predicted molar refractivity (Wildman–Crippen MR) is 85.6 cm³/mol. The number of hydrogen-bond donors (Lipinski definition) is 0. The number of carbonyl (C=O) groups is 1. The van der Waals surface area contributed by atoms with Gasteiger partial charge in [0.25, 0.3) is 0 Å². The second-order valence-electron chi connectivity index (χ2n) is 5.20. The molecule has 1 aliphatic carbocycles. The van der Waals surface area contributed by atoms with Crippen molar-refractivity contribution in [1.29, 1.82) is 0 Å². The second-order valence-corrected chi connectivity index (χ2v) is 6.53. The van der Waals surface area contributed by atoms with Crippen LogP contribution in [0.25, 0.3) is 0 Å². The fraction of sp³-hybridized carbons (Fsp3) is 0.235. The summed E-state index contributed by atoms with van der Waals surface area (Å²) in [5.41, 5.74) is 2.58. The molecule has 0 N–H and O–H groups in total. The first-order valence-corrected chi connectivity index (χ1v) is 7.92. The maximum Gasteiger partial charge on any atom is 0.194 e. The van der Waals surface area contributed by atoms with E-state index in [2.05, 4.69) is 28.1 Å². The summed E-state index contributed by atoms with van der Waals surface area (Å²) in [5.74, 6) is 0.665. The molecule has 2 aromatic rings. The van der Waals surface area contributed by atoms with Crippen molar-refractivity contribution in [3.05, 3.63) is 68.7 Å². The van der Waals surface area contributed by atoms with Crippen LogP contribution >= 0.6 is 27.5 Å². The molecule has 0 saturated heterocycles. The molecule has 3 heteroatoms. The van der Waals surface area contributed by atoms with Gasteiger partial charge in [0.1, 0.15) is 0 Å². The van der Waals surface area contributed by atoms with Gasteiger partial charge in [-0.2, -0.15) is 0 Å². The van der Waals surface area contributed by atoms with Crippen molar-refractivity contribution >= 4 is 33.3 Å².